The fourth-order valence-corrected chi connectivity index (χ4v) is 1.16. The lowest BCUT2D eigenvalue weighted by molar-refractivity contribution is 0.147. The standard InChI is InChI=1S/C6H9O/c1-2-5-4-6(5)7-3-1/h5H,1-4H2. The molecule has 1 aliphatic carbocycles. The van der Waals surface area contributed by atoms with Crippen LogP contribution < -0.4 is 0 Å². The van der Waals surface area contributed by atoms with Gasteiger partial charge in [0.2, 0.25) is 0 Å². The van der Waals surface area contributed by atoms with Gasteiger partial charge in [-0.2, -0.15) is 0 Å². The van der Waals surface area contributed by atoms with Crippen LogP contribution in [0.2, 0.25) is 0 Å². The number of ether oxygens (including phenoxy) is 1. The molecule has 1 nitrogen and oxygen atoms in total. The zero-order chi connectivity index (χ0) is 4.69. The van der Waals surface area contributed by atoms with Crippen molar-refractivity contribution in [2.24, 2.45) is 5.92 Å². The normalized spacial score (nSPS) is 40.3. The summed E-state index contributed by atoms with van der Waals surface area (Å²) in [5.74, 6) is 0.897. The summed E-state index contributed by atoms with van der Waals surface area (Å²) in [5, 5.41) is 0. The van der Waals surface area contributed by atoms with E-state index in [1.807, 2.05) is 0 Å². The fraction of sp³-hybridized carbons (Fsp3) is 0.833. The van der Waals surface area contributed by atoms with Crippen molar-refractivity contribution in [1.29, 1.82) is 0 Å². The molecule has 1 heteroatoms. The minimum Gasteiger partial charge on any atom is -0.372 e. The zero-order valence-corrected chi connectivity index (χ0v) is 4.31. The van der Waals surface area contributed by atoms with Gasteiger partial charge >= 0.3 is 0 Å². The quantitative estimate of drug-likeness (QED) is 0.443. The van der Waals surface area contributed by atoms with Crippen molar-refractivity contribution in [3.8, 4) is 0 Å². The Kier molecular flexibility index (Phi) is 0.680. The second-order valence-electron chi connectivity index (χ2n) is 2.36. The molecule has 2 rings (SSSR count). The average Bonchev–Trinajstić information content (AvgIpc) is 2.41. The third-order valence-corrected chi connectivity index (χ3v) is 1.73. The molecule has 0 amide bonds. The molecule has 1 saturated carbocycles. The van der Waals surface area contributed by atoms with Gasteiger partial charge in [0.15, 0.2) is 0 Å². The van der Waals surface area contributed by atoms with Gasteiger partial charge in [-0.05, 0) is 25.2 Å². The molecule has 1 radical (unpaired) electrons. The molecule has 0 aromatic heterocycles. The molecule has 1 unspecified atom stereocenters. The molecular weight excluding hydrogens is 88.1 g/mol. The van der Waals surface area contributed by atoms with E-state index in [9.17, 15) is 0 Å². The van der Waals surface area contributed by atoms with Crippen LogP contribution in [0.15, 0.2) is 0 Å². The lowest BCUT2D eigenvalue weighted by Crippen LogP contribution is -1.99. The zero-order valence-electron chi connectivity index (χ0n) is 4.31. The van der Waals surface area contributed by atoms with Gasteiger partial charge in [-0.25, -0.2) is 0 Å². The predicted molar refractivity (Wildman–Crippen MR) is 26.5 cm³/mol. The van der Waals surface area contributed by atoms with Crippen molar-refractivity contribution in [2.75, 3.05) is 6.61 Å². The van der Waals surface area contributed by atoms with Gasteiger partial charge in [-0.1, -0.05) is 0 Å². The summed E-state index contributed by atoms with van der Waals surface area (Å²) in [7, 11) is 0. The van der Waals surface area contributed by atoms with Gasteiger partial charge in [-0.15, -0.1) is 0 Å². The van der Waals surface area contributed by atoms with E-state index >= 15 is 0 Å². The lowest BCUT2D eigenvalue weighted by Gasteiger charge is -2.06. The SMILES string of the molecule is C1CO[C]2CC2C1. The van der Waals surface area contributed by atoms with E-state index in [0.29, 0.717) is 0 Å². The average molecular weight is 97.1 g/mol. The summed E-state index contributed by atoms with van der Waals surface area (Å²) >= 11 is 0. The first-order valence-corrected chi connectivity index (χ1v) is 2.95. The third kappa shape index (κ3) is 0.556. The highest BCUT2D eigenvalue weighted by Gasteiger charge is 2.41. The Labute approximate surface area is 43.7 Å². The minimum absolute atomic E-state index is 0.897. The Balaban J connectivity index is 1.95. The molecule has 0 spiro atoms. The maximum Gasteiger partial charge on any atom is 0.101 e. The molecule has 0 N–H and O–H groups in total. The fourth-order valence-electron chi connectivity index (χ4n) is 1.16. The van der Waals surface area contributed by atoms with Gasteiger partial charge in [-0.3, -0.25) is 0 Å². The Morgan fingerprint density at radius 1 is 1.57 bits per heavy atom. The van der Waals surface area contributed by atoms with Crippen LogP contribution in [0.5, 0.6) is 0 Å². The number of rotatable bonds is 0. The Hall–Kier alpha value is -0.0400. The second kappa shape index (κ2) is 1.22. The topological polar surface area (TPSA) is 9.23 Å². The van der Waals surface area contributed by atoms with Crippen LogP contribution in [0.25, 0.3) is 0 Å². The Morgan fingerprint density at radius 3 is 3.14 bits per heavy atom. The van der Waals surface area contributed by atoms with Crippen molar-refractivity contribution in [1.82, 2.24) is 0 Å². The molecule has 39 valence electrons. The minimum atomic E-state index is 0.897. The summed E-state index contributed by atoms with van der Waals surface area (Å²) in [6.45, 7) is 0.992. The summed E-state index contributed by atoms with van der Waals surface area (Å²) in [4.78, 5) is 0. The van der Waals surface area contributed by atoms with Crippen molar-refractivity contribution in [3.05, 3.63) is 6.10 Å². The highest BCUT2D eigenvalue weighted by Crippen LogP contribution is 2.47. The largest absolute Gasteiger partial charge is 0.372 e. The first-order chi connectivity index (χ1) is 3.47. The number of hydrogen-bond donors (Lipinski definition) is 0. The van der Waals surface area contributed by atoms with Gasteiger partial charge in [0.1, 0.15) is 6.10 Å². The molecule has 1 heterocycles. The van der Waals surface area contributed by atoms with Gasteiger partial charge in [0, 0.05) is 6.61 Å². The van der Waals surface area contributed by atoms with Crippen molar-refractivity contribution in [3.63, 3.8) is 0 Å². The third-order valence-electron chi connectivity index (χ3n) is 1.73. The molecule has 0 bridgehead atoms. The molecule has 1 aliphatic heterocycles. The first kappa shape index (κ1) is 3.90. The predicted octanol–water partition coefficient (Wildman–Crippen LogP) is 1.35. The Bertz CT molecular complexity index is 70.2. The molecule has 0 aromatic rings. The van der Waals surface area contributed by atoms with E-state index in [0.717, 1.165) is 12.5 Å². The molecule has 7 heavy (non-hydrogen) atoms. The van der Waals surface area contributed by atoms with E-state index < -0.39 is 0 Å². The van der Waals surface area contributed by atoms with E-state index in [1.165, 1.54) is 25.4 Å². The number of fused-ring (bicyclic) bond motifs is 1. The van der Waals surface area contributed by atoms with Crippen LogP contribution in [-0.4, -0.2) is 6.61 Å². The highest BCUT2D eigenvalue weighted by atomic mass is 16.5. The van der Waals surface area contributed by atoms with Crippen molar-refractivity contribution in [2.45, 2.75) is 19.3 Å². The summed E-state index contributed by atoms with van der Waals surface area (Å²) in [6.07, 6.45) is 5.34. The van der Waals surface area contributed by atoms with E-state index in [2.05, 4.69) is 0 Å². The van der Waals surface area contributed by atoms with Gasteiger partial charge < -0.3 is 4.74 Å². The molecule has 1 saturated heterocycles. The summed E-state index contributed by atoms with van der Waals surface area (Å²) < 4.78 is 5.27. The molecule has 2 fully saturated rings. The summed E-state index contributed by atoms with van der Waals surface area (Å²) in [6, 6.07) is 0. The van der Waals surface area contributed by atoms with E-state index in [-0.39, 0.29) is 0 Å². The van der Waals surface area contributed by atoms with Crippen molar-refractivity contribution < 1.29 is 4.74 Å². The second-order valence-corrected chi connectivity index (χ2v) is 2.36. The number of hydrogen-bond acceptors (Lipinski definition) is 1. The highest BCUT2D eigenvalue weighted by molar-refractivity contribution is 5.07. The van der Waals surface area contributed by atoms with Crippen molar-refractivity contribution >= 4 is 0 Å². The van der Waals surface area contributed by atoms with Crippen LogP contribution in [0.1, 0.15) is 19.3 Å². The molecule has 1 atom stereocenters. The maximum absolute atomic E-state index is 5.27. The van der Waals surface area contributed by atoms with Gasteiger partial charge in [0.05, 0.1) is 0 Å². The van der Waals surface area contributed by atoms with E-state index in [1.54, 1.807) is 0 Å². The molecular formula is C6H9O. The van der Waals surface area contributed by atoms with Crippen LogP contribution >= 0.6 is 0 Å². The molecule has 0 aromatic carbocycles. The smallest absolute Gasteiger partial charge is 0.101 e. The van der Waals surface area contributed by atoms with E-state index in [4.69, 9.17) is 4.74 Å². The molecule has 2 aliphatic rings. The Morgan fingerprint density at radius 2 is 2.57 bits per heavy atom. The van der Waals surface area contributed by atoms with Crippen LogP contribution in [0.4, 0.5) is 0 Å². The van der Waals surface area contributed by atoms with Crippen LogP contribution in [0, 0.1) is 12.0 Å². The summed E-state index contributed by atoms with van der Waals surface area (Å²) in [5.41, 5.74) is 0. The first-order valence-electron chi connectivity index (χ1n) is 2.95. The lowest BCUT2D eigenvalue weighted by atomic mass is 10.2. The monoisotopic (exact) mass is 97.1 g/mol. The van der Waals surface area contributed by atoms with Crippen LogP contribution in [0.3, 0.4) is 0 Å². The maximum atomic E-state index is 5.27. The van der Waals surface area contributed by atoms with Gasteiger partial charge in [0.25, 0.3) is 0 Å². The van der Waals surface area contributed by atoms with Crippen LogP contribution in [-0.2, 0) is 4.74 Å².